The normalized spacial score (nSPS) is 21.2. The van der Waals surface area contributed by atoms with Crippen LogP contribution in [0.1, 0.15) is 24.0 Å². The molecule has 0 aliphatic carbocycles. The van der Waals surface area contributed by atoms with E-state index in [1.54, 1.807) is 73.5 Å². The van der Waals surface area contributed by atoms with E-state index in [0.29, 0.717) is 60.1 Å². The van der Waals surface area contributed by atoms with E-state index < -0.39 is 0 Å². The summed E-state index contributed by atoms with van der Waals surface area (Å²) in [5.74, 6) is 1.25. The van der Waals surface area contributed by atoms with Gasteiger partial charge in [-0.15, -0.1) is 0 Å². The molecule has 0 bridgehead atoms. The van der Waals surface area contributed by atoms with Gasteiger partial charge in [0, 0.05) is 78.9 Å². The van der Waals surface area contributed by atoms with E-state index in [0.717, 1.165) is 55.4 Å². The predicted octanol–water partition coefficient (Wildman–Crippen LogP) is 5.76. The SMILES string of the molecule is NCCSSC1CCN(Cc2ccccc2F)C/C1=C/C=O.O=C/C=C1/CN(Cc2ccccc2F)CCC1SSCCO. The standard InChI is InChI=1S/C16H21FN2OS2.C16H20FNO2S2/c17-15-4-2-1-3-13(15)11-19-8-5-16(22-21-10-7-18)14(12-19)6-9-20;17-15-4-2-1-3-13(15)11-18-7-5-16(22-21-10-9-20)14(12-18)6-8-19/h1-4,6,9,16H,5,7-8,10-12,18H2;1-4,6,8,16,20H,5,7,9-12H2/b2*14-6-. The summed E-state index contributed by atoms with van der Waals surface area (Å²) in [5.41, 5.74) is 9.10. The van der Waals surface area contributed by atoms with E-state index in [2.05, 4.69) is 9.80 Å². The lowest BCUT2D eigenvalue weighted by Gasteiger charge is -2.33. The zero-order chi connectivity index (χ0) is 31.6. The van der Waals surface area contributed by atoms with Gasteiger partial charge in [-0.1, -0.05) is 79.6 Å². The molecule has 2 aliphatic heterocycles. The summed E-state index contributed by atoms with van der Waals surface area (Å²) in [7, 11) is 6.88. The Morgan fingerprint density at radius 1 is 0.773 bits per heavy atom. The number of allylic oxidation sites excluding steroid dienone is 2. The van der Waals surface area contributed by atoms with E-state index in [4.69, 9.17) is 10.8 Å². The minimum atomic E-state index is -0.182. The minimum absolute atomic E-state index is 0.163. The Bertz CT molecular complexity index is 1140. The number of carbonyl (C=O) groups is 2. The molecule has 4 rings (SSSR count). The van der Waals surface area contributed by atoms with Gasteiger partial charge < -0.3 is 10.8 Å². The van der Waals surface area contributed by atoms with E-state index in [9.17, 15) is 18.4 Å². The van der Waals surface area contributed by atoms with Crippen LogP contribution in [0.3, 0.4) is 0 Å². The summed E-state index contributed by atoms with van der Waals surface area (Å²) >= 11 is 0. The number of carbonyl (C=O) groups excluding carboxylic acids is 2. The average molecular weight is 682 g/mol. The first-order valence-corrected chi connectivity index (χ1v) is 19.3. The van der Waals surface area contributed by atoms with Crippen LogP contribution in [0.15, 0.2) is 71.8 Å². The average Bonchev–Trinajstić information content (AvgIpc) is 3.02. The van der Waals surface area contributed by atoms with Crippen molar-refractivity contribution in [2.75, 3.05) is 50.8 Å². The van der Waals surface area contributed by atoms with E-state index in [-0.39, 0.29) is 18.2 Å². The summed E-state index contributed by atoms with van der Waals surface area (Å²) in [6.45, 7) is 5.15. The first-order chi connectivity index (χ1) is 21.5. The number of aliphatic hydroxyl groups excluding tert-OH is 1. The third-order valence-electron chi connectivity index (χ3n) is 7.07. The molecule has 0 amide bonds. The van der Waals surface area contributed by atoms with E-state index in [1.807, 2.05) is 18.2 Å². The number of benzene rings is 2. The Morgan fingerprint density at radius 3 is 1.64 bits per heavy atom. The van der Waals surface area contributed by atoms with Gasteiger partial charge in [-0.3, -0.25) is 19.4 Å². The molecule has 44 heavy (non-hydrogen) atoms. The van der Waals surface area contributed by atoms with Gasteiger partial charge in [-0.05, 0) is 48.3 Å². The Morgan fingerprint density at radius 2 is 1.23 bits per heavy atom. The summed E-state index contributed by atoms with van der Waals surface area (Å²) < 4.78 is 27.5. The van der Waals surface area contributed by atoms with Gasteiger partial charge in [-0.25, -0.2) is 8.78 Å². The Hall–Kier alpha value is -1.64. The second-order valence-corrected chi connectivity index (χ2v) is 15.6. The zero-order valence-electron chi connectivity index (χ0n) is 24.7. The third-order valence-corrected chi connectivity index (χ3v) is 12.8. The van der Waals surface area contributed by atoms with Crippen LogP contribution in [0, 0.1) is 11.6 Å². The van der Waals surface area contributed by atoms with Crippen LogP contribution in [0.5, 0.6) is 0 Å². The lowest BCUT2D eigenvalue weighted by atomic mass is 10.0. The summed E-state index contributed by atoms with van der Waals surface area (Å²) in [6, 6.07) is 13.7. The quantitative estimate of drug-likeness (QED) is 0.111. The van der Waals surface area contributed by atoms with Crippen molar-refractivity contribution in [3.8, 4) is 0 Å². The second-order valence-electron chi connectivity index (χ2n) is 10.3. The number of piperidine rings is 2. The van der Waals surface area contributed by atoms with Crippen molar-refractivity contribution in [3.05, 3.63) is 94.6 Å². The second kappa shape index (κ2) is 21.2. The number of halogens is 2. The highest BCUT2D eigenvalue weighted by Gasteiger charge is 2.26. The fourth-order valence-corrected chi connectivity index (χ4v) is 9.96. The number of aliphatic hydroxyl groups is 1. The van der Waals surface area contributed by atoms with Crippen LogP contribution in [-0.4, -0.2) is 88.8 Å². The first kappa shape index (κ1) is 36.8. The Balaban J connectivity index is 0.000000240. The molecule has 6 nitrogen and oxygen atoms in total. The van der Waals surface area contributed by atoms with Gasteiger partial charge in [0.05, 0.1) is 6.61 Å². The molecular weight excluding hydrogens is 641 g/mol. The van der Waals surface area contributed by atoms with Crippen molar-refractivity contribution in [1.29, 1.82) is 0 Å². The zero-order valence-corrected chi connectivity index (χ0v) is 28.0. The van der Waals surface area contributed by atoms with Gasteiger partial charge in [0.15, 0.2) is 0 Å². The minimum Gasteiger partial charge on any atom is -0.395 e. The number of hydrogen-bond acceptors (Lipinski definition) is 10. The van der Waals surface area contributed by atoms with Gasteiger partial charge in [0.2, 0.25) is 0 Å². The van der Waals surface area contributed by atoms with Gasteiger partial charge in [0.1, 0.15) is 24.2 Å². The highest BCUT2D eigenvalue weighted by atomic mass is 33.1. The van der Waals surface area contributed by atoms with Gasteiger partial charge in [-0.2, -0.15) is 0 Å². The molecule has 2 unspecified atom stereocenters. The van der Waals surface area contributed by atoms with Crippen LogP contribution >= 0.6 is 43.2 Å². The van der Waals surface area contributed by atoms with Gasteiger partial charge >= 0.3 is 0 Å². The molecule has 2 aromatic carbocycles. The van der Waals surface area contributed by atoms with Gasteiger partial charge in [0.25, 0.3) is 0 Å². The van der Waals surface area contributed by atoms with E-state index >= 15 is 0 Å². The Labute approximate surface area is 275 Å². The molecule has 0 saturated carbocycles. The molecule has 0 radical (unpaired) electrons. The summed E-state index contributed by atoms with van der Waals surface area (Å²) in [6.07, 6.45) is 6.86. The maximum Gasteiger partial charge on any atom is 0.142 e. The molecule has 2 heterocycles. The largest absolute Gasteiger partial charge is 0.395 e. The molecule has 240 valence electrons. The van der Waals surface area contributed by atoms with Crippen LogP contribution in [0.4, 0.5) is 8.78 Å². The number of nitrogens with two attached hydrogens (primary N) is 1. The highest BCUT2D eigenvalue weighted by Crippen LogP contribution is 2.37. The maximum absolute atomic E-state index is 13.8. The number of hydrogen-bond donors (Lipinski definition) is 2. The fraction of sp³-hybridized carbons (Fsp3) is 0.438. The highest BCUT2D eigenvalue weighted by molar-refractivity contribution is 8.77. The van der Waals surface area contributed by atoms with Crippen molar-refractivity contribution < 1.29 is 23.5 Å². The smallest absolute Gasteiger partial charge is 0.142 e. The Kier molecular flexibility index (Phi) is 17.8. The summed E-state index contributed by atoms with van der Waals surface area (Å²) in [5, 5.41) is 9.48. The van der Waals surface area contributed by atoms with Crippen LogP contribution in [-0.2, 0) is 22.7 Å². The van der Waals surface area contributed by atoms with Crippen LogP contribution in [0.25, 0.3) is 0 Å². The number of rotatable bonds is 14. The molecule has 0 aromatic heterocycles. The molecule has 2 aliphatic rings. The van der Waals surface area contributed by atoms with E-state index in [1.165, 1.54) is 12.1 Å². The fourth-order valence-electron chi connectivity index (χ4n) is 4.91. The van der Waals surface area contributed by atoms with Crippen molar-refractivity contribution in [3.63, 3.8) is 0 Å². The third kappa shape index (κ3) is 12.6. The van der Waals surface area contributed by atoms with Crippen LogP contribution in [0.2, 0.25) is 0 Å². The molecular formula is C32H41F2N3O3S4. The monoisotopic (exact) mass is 681 g/mol. The van der Waals surface area contributed by atoms with Crippen LogP contribution < -0.4 is 5.73 Å². The number of nitrogens with zero attached hydrogens (tertiary/aromatic N) is 2. The number of aldehydes is 2. The maximum atomic E-state index is 13.8. The van der Waals surface area contributed by atoms with Crippen molar-refractivity contribution in [1.82, 2.24) is 9.80 Å². The number of likely N-dealkylation sites (tertiary alicyclic amines) is 2. The molecule has 2 atom stereocenters. The predicted molar refractivity (Wildman–Crippen MR) is 185 cm³/mol. The molecule has 0 spiro atoms. The molecule has 2 aromatic rings. The topological polar surface area (TPSA) is 86.9 Å². The molecule has 3 N–H and O–H groups in total. The first-order valence-electron chi connectivity index (χ1n) is 14.6. The molecule has 12 heteroatoms. The molecule has 2 saturated heterocycles. The van der Waals surface area contributed by atoms with Crippen molar-refractivity contribution in [2.45, 2.75) is 36.4 Å². The van der Waals surface area contributed by atoms with Crippen molar-refractivity contribution >= 4 is 55.7 Å². The summed E-state index contributed by atoms with van der Waals surface area (Å²) in [4.78, 5) is 26.1. The lowest BCUT2D eigenvalue weighted by Crippen LogP contribution is -2.36. The van der Waals surface area contributed by atoms with Crippen molar-refractivity contribution in [2.24, 2.45) is 5.73 Å². The molecule has 2 fully saturated rings. The lowest BCUT2D eigenvalue weighted by molar-refractivity contribution is -0.104.